The molecule has 1 atom stereocenters. The lowest BCUT2D eigenvalue weighted by Gasteiger charge is -2.09. The van der Waals surface area contributed by atoms with Crippen molar-refractivity contribution in [3.05, 3.63) is 24.2 Å². The minimum atomic E-state index is 0.306. The summed E-state index contributed by atoms with van der Waals surface area (Å²) in [7, 11) is 0. The third-order valence-electron chi connectivity index (χ3n) is 2.43. The third kappa shape index (κ3) is 3.66. The number of rotatable bonds is 6. The fourth-order valence-corrected chi connectivity index (χ4v) is 1.57. The molecule has 84 valence electrons. The van der Waals surface area contributed by atoms with Crippen LogP contribution in [0.1, 0.15) is 12.0 Å². The number of ether oxygens (including phenoxy) is 2. The smallest absolute Gasteiger partial charge is 0.0947 e. The van der Waals surface area contributed by atoms with E-state index in [9.17, 15) is 0 Å². The Morgan fingerprint density at radius 2 is 2.53 bits per heavy atom. The van der Waals surface area contributed by atoms with Crippen molar-refractivity contribution >= 4 is 0 Å². The van der Waals surface area contributed by atoms with E-state index in [0.29, 0.717) is 6.10 Å². The molecule has 4 heteroatoms. The van der Waals surface area contributed by atoms with Crippen molar-refractivity contribution in [2.24, 2.45) is 0 Å². The number of hydrogen-bond donors (Lipinski definition) is 1. The zero-order chi connectivity index (χ0) is 10.3. The van der Waals surface area contributed by atoms with Crippen LogP contribution in [0, 0.1) is 0 Å². The van der Waals surface area contributed by atoms with Gasteiger partial charge < -0.3 is 19.2 Å². The van der Waals surface area contributed by atoms with E-state index in [1.807, 2.05) is 6.07 Å². The van der Waals surface area contributed by atoms with Crippen LogP contribution in [0.15, 0.2) is 23.0 Å². The average Bonchev–Trinajstić information content (AvgIpc) is 2.88. The van der Waals surface area contributed by atoms with Gasteiger partial charge in [0.05, 0.1) is 31.8 Å². The van der Waals surface area contributed by atoms with Crippen molar-refractivity contribution in [3.8, 4) is 0 Å². The normalized spacial score (nSPS) is 20.9. The molecular formula is C11H17NO3. The summed E-state index contributed by atoms with van der Waals surface area (Å²) in [6.45, 7) is 4.03. The van der Waals surface area contributed by atoms with Gasteiger partial charge in [0.15, 0.2) is 0 Å². The van der Waals surface area contributed by atoms with E-state index in [1.54, 1.807) is 12.5 Å². The highest BCUT2D eigenvalue weighted by Gasteiger charge is 2.14. The van der Waals surface area contributed by atoms with Gasteiger partial charge in [-0.15, -0.1) is 0 Å². The molecule has 0 saturated carbocycles. The van der Waals surface area contributed by atoms with Gasteiger partial charge in [-0.2, -0.15) is 0 Å². The van der Waals surface area contributed by atoms with Crippen molar-refractivity contribution < 1.29 is 13.9 Å². The maximum absolute atomic E-state index is 5.61. The molecule has 1 unspecified atom stereocenters. The SMILES string of the molecule is c1cc(CNCCOC2CCOC2)co1. The summed E-state index contributed by atoms with van der Waals surface area (Å²) < 4.78 is 15.8. The Hall–Kier alpha value is -0.840. The molecular weight excluding hydrogens is 194 g/mol. The quantitative estimate of drug-likeness (QED) is 0.717. The molecule has 0 aliphatic carbocycles. The summed E-state index contributed by atoms with van der Waals surface area (Å²) in [6.07, 6.45) is 4.77. The van der Waals surface area contributed by atoms with E-state index in [2.05, 4.69) is 5.32 Å². The fraction of sp³-hybridized carbons (Fsp3) is 0.636. The number of hydrogen-bond acceptors (Lipinski definition) is 4. The molecule has 0 aromatic carbocycles. The first-order valence-corrected chi connectivity index (χ1v) is 5.36. The van der Waals surface area contributed by atoms with Gasteiger partial charge >= 0.3 is 0 Å². The Labute approximate surface area is 89.6 Å². The van der Waals surface area contributed by atoms with Crippen LogP contribution in [0.25, 0.3) is 0 Å². The molecule has 1 fully saturated rings. The summed E-state index contributed by atoms with van der Waals surface area (Å²) in [5.41, 5.74) is 1.17. The first kappa shape index (κ1) is 10.7. The number of furan rings is 1. The van der Waals surface area contributed by atoms with Crippen molar-refractivity contribution in [1.29, 1.82) is 0 Å². The van der Waals surface area contributed by atoms with Gasteiger partial charge in [-0.25, -0.2) is 0 Å². The molecule has 2 rings (SSSR count). The minimum Gasteiger partial charge on any atom is -0.472 e. The molecule has 1 aliphatic rings. The van der Waals surface area contributed by atoms with E-state index < -0.39 is 0 Å². The average molecular weight is 211 g/mol. The van der Waals surface area contributed by atoms with Gasteiger partial charge in [0.25, 0.3) is 0 Å². The Balaban J connectivity index is 1.48. The van der Waals surface area contributed by atoms with Crippen molar-refractivity contribution in [2.75, 3.05) is 26.4 Å². The largest absolute Gasteiger partial charge is 0.472 e. The molecule has 0 amide bonds. The Kier molecular flexibility index (Phi) is 4.20. The Bertz CT molecular complexity index is 255. The molecule has 15 heavy (non-hydrogen) atoms. The van der Waals surface area contributed by atoms with Gasteiger partial charge in [-0.05, 0) is 12.5 Å². The predicted octanol–water partition coefficient (Wildman–Crippen LogP) is 1.17. The van der Waals surface area contributed by atoms with E-state index in [4.69, 9.17) is 13.9 Å². The molecule has 4 nitrogen and oxygen atoms in total. The highest BCUT2D eigenvalue weighted by molar-refractivity contribution is 5.04. The molecule has 0 spiro atoms. The summed E-state index contributed by atoms with van der Waals surface area (Å²) in [4.78, 5) is 0. The topological polar surface area (TPSA) is 43.6 Å². The maximum Gasteiger partial charge on any atom is 0.0947 e. The van der Waals surface area contributed by atoms with Crippen LogP contribution in [0.5, 0.6) is 0 Å². The summed E-state index contributed by atoms with van der Waals surface area (Å²) in [5.74, 6) is 0. The lowest BCUT2D eigenvalue weighted by atomic mass is 10.3. The van der Waals surface area contributed by atoms with Crippen LogP contribution in [0.2, 0.25) is 0 Å². The lowest BCUT2D eigenvalue weighted by molar-refractivity contribution is 0.0444. The first-order chi connectivity index (χ1) is 7.45. The lowest BCUT2D eigenvalue weighted by Crippen LogP contribution is -2.22. The fourth-order valence-electron chi connectivity index (χ4n) is 1.57. The third-order valence-corrected chi connectivity index (χ3v) is 2.43. The summed E-state index contributed by atoms with van der Waals surface area (Å²) in [5, 5.41) is 3.29. The minimum absolute atomic E-state index is 0.306. The molecule has 1 aliphatic heterocycles. The van der Waals surface area contributed by atoms with Crippen molar-refractivity contribution in [1.82, 2.24) is 5.32 Å². The van der Waals surface area contributed by atoms with Crippen LogP contribution in [0.3, 0.4) is 0 Å². The standard InChI is InChI=1S/C11H17NO3/c1-4-13-8-10(1)7-12-3-6-15-11-2-5-14-9-11/h1,4,8,11-12H,2-3,5-7,9H2. The van der Waals surface area contributed by atoms with Crippen molar-refractivity contribution in [3.63, 3.8) is 0 Å². The molecule has 1 aromatic heterocycles. The van der Waals surface area contributed by atoms with Crippen LogP contribution in [0.4, 0.5) is 0 Å². The summed E-state index contributed by atoms with van der Waals surface area (Å²) in [6, 6.07) is 1.96. The first-order valence-electron chi connectivity index (χ1n) is 5.36. The second-order valence-corrected chi connectivity index (χ2v) is 3.66. The highest BCUT2D eigenvalue weighted by Crippen LogP contribution is 2.07. The second kappa shape index (κ2) is 5.90. The van der Waals surface area contributed by atoms with E-state index >= 15 is 0 Å². The monoisotopic (exact) mass is 211 g/mol. The van der Waals surface area contributed by atoms with Crippen LogP contribution in [-0.2, 0) is 16.0 Å². The molecule has 0 bridgehead atoms. The second-order valence-electron chi connectivity index (χ2n) is 3.66. The van der Waals surface area contributed by atoms with Gasteiger partial charge in [0.2, 0.25) is 0 Å². The molecule has 0 radical (unpaired) electrons. The zero-order valence-corrected chi connectivity index (χ0v) is 8.78. The van der Waals surface area contributed by atoms with Gasteiger partial charge in [-0.3, -0.25) is 0 Å². The van der Waals surface area contributed by atoms with Gasteiger partial charge in [0, 0.05) is 25.3 Å². The Morgan fingerprint density at radius 3 is 3.27 bits per heavy atom. The van der Waals surface area contributed by atoms with Crippen LogP contribution < -0.4 is 5.32 Å². The van der Waals surface area contributed by atoms with Gasteiger partial charge in [-0.1, -0.05) is 0 Å². The maximum atomic E-state index is 5.61. The zero-order valence-electron chi connectivity index (χ0n) is 8.78. The van der Waals surface area contributed by atoms with Crippen LogP contribution in [-0.4, -0.2) is 32.5 Å². The number of nitrogens with one attached hydrogen (secondary N) is 1. The molecule has 1 saturated heterocycles. The Morgan fingerprint density at radius 1 is 1.53 bits per heavy atom. The van der Waals surface area contributed by atoms with Gasteiger partial charge in [0.1, 0.15) is 0 Å². The summed E-state index contributed by atoms with van der Waals surface area (Å²) >= 11 is 0. The van der Waals surface area contributed by atoms with E-state index in [1.165, 1.54) is 5.56 Å². The van der Waals surface area contributed by atoms with E-state index in [0.717, 1.165) is 39.3 Å². The molecule has 2 heterocycles. The van der Waals surface area contributed by atoms with Crippen LogP contribution >= 0.6 is 0 Å². The predicted molar refractivity (Wildman–Crippen MR) is 55.6 cm³/mol. The molecule has 1 N–H and O–H groups in total. The highest BCUT2D eigenvalue weighted by atomic mass is 16.5. The van der Waals surface area contributed by atoms with Crippen molar-refractivity contribution in [2.45, 2.75) is 19.1 Å². The molecule has 1 aromatic rings. The van der Waals surface area contributed by atoms with E-state index in [-0.39, 0.29) is 0 Å².